The number of rotatable bonds is 4. The Kier molecular flexibility index (Phi) is 5.81. The second kappa shape index (κ2) is 8.10. The zero-order chi connectivity index (χ0) is 19.6. The molecule has 1 saturated heterocycles. The summed E-state index contributed by atoms with van der Waals surface area (Å²) in [7, 11) is 0. The number of piperidine rings is 1. The van der Waals surface area contributed by atoms with Crippen LogP contribution in [0, 0.1) is 0 Å². The Bertz CT molecular complexity index is 884. The van der Waals surface area contributed by atoms with Gasteiger partial charge in [0.25, 0.3) is 0 Å². The SMILES string of the molecule is CCN(C(=O)n1nnn(-c2c(Cl)cccc2Cl)c1=O)C1CCN(C=O)CC1. The van der Waals surface area contributed by atoms with Crippen molar-refractivity contribution in [1.29, 1.82) is 0 Å². The molecule has 0 bridgehead atoms. The average molecular weight is 413 g/mol. The van der Waals surface area contributed by atoms with Crippen LogP contribution in [0.15, 0.2) is 23.0 Å². The van der Waals surface area contributed by atoms with Crippen molar-refractivity contribution in [3.63, 3.8) is 0 Å². The molecule has 1 aliphatic heterocycles. The highest BCUT2D eigenvalue weighted by Crippen LogP contribution is 2.26. The minimum Gasteiger partial charge on any atom is -0.345 e. The zero-order valence-electron chi connectivity index (χ0n) is 14.6. The number of hydrogen-bond donors (Lipinski definition) is 0. The number of aromatic nitrogens is 4. The molecule has 1 aromatic carbocycles. The van der Waals surface area contributed by atoms with Crippen LogP contribution in [0.3, 0.4) is 0 Å². The molecule has 11 heteroatoms. The highest BCUT2D eigenvalue weighted by atomic mass is 35.5. The first kappa shape index (κ1) is 19.4. The fourth-order valence-corrected chi connectivity index (χ4v) is 3.73. The molecule has 1 aromatic heterocycles. The topological polar surface area (TPSA) is 93.3 Å². The van der Waals surface area contributed by atoms with Gasteiger partial charge in [-0.25, -0.2) is 9.59 Å². The standard InChI is InChI=1S/C16H18Cl2N6O3/c1-2-22(11-6-8-21(10-25)9-7-11)15(26)24-16(27)23(19-20-24)14-12(17)4-3-5-13(14)18/h3-5,10-11H,2,6-9H2,1H3. The van der Waals surface area contributed by atoms with Gasteiger partial charge in [-0.05, 0) is 42.3 Å². The maximum absolute atomic E-state index is 12.9. The van der Waals surface area contributed by atoms with E-state index >= 15 is 0 Å². The molecular weight excluding hydrogens is 395 g/mol. The quantitative estimate of drug-likeness (QED) is 0.561. The van der Waals surface area contributed by atoms with Gasteiger partial charge in [0, 0.05) is 25.7 Å². The van der Waals surface area contributed by atoms with Gasteiger partial charge in [-0.2, -0.15) is 4.68 Å². The minimum atomic E-state index is -0.751. The molecule has 0 unspecified atom stereocenters. The van der Waals surface area contributed by atoms with Gasteiger partial charge in [0.2, 0.25) is 6.41 Å². The maximum atomic E-state index is 12.9. The van der Waals surface area contributed by atoms with Crippen LogP contribution >= 0.6 is 23.2 Å². The van der Waals surface area contributed by atoms with Gasteiger partial charge in [-0.3, -0.25) is 4.79 Å². The van der Waals surface area contributed by atoms with E-state index in [9.17, 15) is 14.4 Å². The Morgan fingerprint density at radius 3 is 2.44 bits per heavy atom. The molecule has 0 radical (unpaired) electrons. The van der Waals surface area contributed by atoms with Crippen LogP contribution in [-0.4, -0.2) is 67.7 Å². The summed E-state index contributed by atoms with van der Waals surface area (Å²) in [6, 6.07) is 4.12. The maximum Gasteiger partial charge on any atom is 0.377 e. The molecule has 9 nitrogen and oxygen atoms in total. The molecule has 0 saturated carbocycles. The second-order valence-corrected chi connectivity index (χ2v) is 6.91. The number of likely N-dealkylation sites (tertiary alicyclic amines) is 1. The molecular formula is C16H18Cl2N6O3. The third-order valence-electron chi connectivity index (χ3n) is 4.59. The van der Waals surface area contributed by atoms with Crippen molar-refractivity contribution in [2.75, 3.05) is 19.6 Å². The largest absolute Gasteiger partial charge is 0.377 e. The van der Waals surface area contributed by atoms with Crippen LogP contribution in [0.5, 0.6) is 0 Å². The summed E-state index contributed by atoms with van der Waals surface area (Å²) in [6.45, 7) is 3.35. The second-order valence-electron chi connectivity index (χ2n) is 6.10. The van der Waals surface area contributed by atoms with Gasteiger partial charge in [0.05, 0.1) is 10.0 Å². The normalized spacial score (nSPS) is 15.0. The molecule has 2 aromatic rings. The molecule has 0 N–H and O–H groups in total. The van der Waals surface area contributed by atoms with E-state index in [0.29, 0.717) is 37.2 Å². The van der Waals surface area contributed by atoms with Crippen LogP contribution in [0.1, 0.15) is 19.8 Å². The van der Waals surface area contributed by atoms with E-state index in [1.54, 1.807) is 28.0 Å². The molecule has 2 amide bonds. The molecule has 1 fully saturated rings. The summed E-state index contributed by atoms with van der Waals surface area (Å²) in [6.07, 6.45) is 2.08. The lowest BCUT2D eigenvalue weighted by Crippen LogP contribution is -2.50. The number of carbonyl (C=O) groups is 2. The summed E-state index contributed by atoms with van der Waals surface area (Å²) < 4.78 is 1.61. The van der Waals surface area contributed by atoms with Gasteiger partial charge in [-0.1, -0.05) is 29.3 Å². The first-order chi connectivity index (χ1) is 13.0. The van der Waals surface area contributed by atoms with Crippen molar-refractivity contribution >= 4 is 35.6 Å². The number of carbonyl (C=O) groups excluding carboxylic acids is 2. The highest BCUT2D eigenvalue weighted by Gasteiger charge is 2.30. The Labute approximate surface area is 165 Å². The fraction of sp³-hybridized carbons (Fsp3) is 0.438. The van der Waals surface area contributed by atoms with Crippen molar-refractivity contribution in [1.82, 2.24) is 29.6 Å². The van der Waals surface area contributed by atoms with Gasteiger partial charge in [0.1, 0.15) is 5.69 Å². The van der Waals surface area contributed by atoms with Gasteiger partial charge in [0.15, 0.2) is 0 Å². The van der Waals surface area contributed by atoms with Crippen LogP contribution < -0.4 is 5.69 Å². The van der Waals surface area contributed by atoms with Crippen molar-refractivity contribution in [2.24, 2.45) is 0 Å². The predicted molar refractivity (Wildman–Crippen MR) is 99.5 cm³/mol. The molecule has 0 spiro atoms. The lowest BCUT2D eigenvalue weighted by Gasteiger charge is -2.36. The number of hydrogen-bond acceptors (Lipinski definition) is 5. The van der Waals surface area contributed by atoms with Gasteiger partial charge < -0.3 is 9.80 Å². The first-order valence-electron chi connectivity index (χ1n) is 8.47. The lowest BCUT2D eigenvalue weighted by molar-refractivity contribution is -0.119. The van der Waals surface area contributed by atoms with E-state index in [4.69, 9.17) is 23.2 Å². The van der Waals surface area contributed by atoms with Gasteiger partial charge in [-0.15, -0.1) is 4.68 Å². The Balaban J connectivity index is 1.88. The smallest absolute Gasteiger partial charge is 0.345 e. The van der Waals surface area contributed by atoms with E-state index in [2.05, 4.69) is 10.4 Å². The van der Waals surface area contributed by atoms with E-state index in [-0.39, 0.29) is 21.8 Å². The number of amides is 2. The van der Waals surface area contributed by atoms with Gasteiger partial charge >= 0.3 is 11.7 Å². The van der Waals surface area contributed by atoms with E-state index < -0.39 is 11.7 Å². The molecule has 27 heavy (non-hydrogen) atoms. The van der Waals surface area contributed by atoms with E-state index in [1.807, 2.05) is 6.92 Å². The minimum absolute atomic E-state index is 0.0837. The number of benzene rings is 1. The average Bonchev–Trinajstić information content (AvgIpc) is 3.04. The van der Waals surface area contributed by atoms with Crippen molar-refractivity contribution < 1.29 is 9.59 Å². The van der Waals surface area contributed by atoms with Crippen LogP contribution in [0.4, 0.5) is 4.79 Å². The lowest BCUT2D eigenvalue weighted by atomic mass is 10.0. The van der Waals surface area contributed by atoms with E-state index in [1.165, 1.54) is 0 Å². The molecule has 144 valence electrons. The molecule has 2 heterocycles. The van der Waals surface area contributed by atoms with E-state index in [0.717, 1.165) is 11.1 Å². The molecule has 1 aliphatic rings. The van der Waals surface area contributed by atoms with Crippen molar-refractivity contribution in [3.05, 3.63) is 38.7 Å². The summed E-state index contributed by atoms with van der Waals surface area (Å²) in [4.78, 5) is 39.7. The molecule has 3 rings (SSSR count). The third-order valence-corrected chi connectivity index (χ3v) is 5.20. The summed E-state index contributed by atoms with van der Waals surface area (Å²) in [5, 5.41) is 7.91. The van der Waals surface area contributed by atoms with Crippen LogP contribution in [0.25, 0.3) is 5.69 Å². The van der Waals surface area contributed by atoms with Crippen molar-refractivity contribution in [2.45, 2.75) is 25.8 Å². The molecule has 0 atom stereocenters. The number of tetrazole rings is 1. The highest BCUT2D eigenvalue weighted by molar-refractivity contribution is 6.37. The Morgan fingerprint density at radius 1 is 1.26 bits per heavy atom. The molecule has 0 aliphatic carbocycles. The summed E-state index contributed by atoms with van der Waals surface area (Å²) >= 11 is 12.2. The predicted octanol–water partition coefficient (Wildman–Crippen LogP) is 1.65. The fourth-order valence-electron chi connectivity index (χ4n) is 3.17. The summed E-state index contributed by atoms with van der Waals surface area (Å²) in [5.74, 6) is 0. The Morgan fingerprint density at radius 2 is 1.89 bits per heavy atom. The Hall–Kier alpha value is -2.39. The number of para-hydroxylation sites is 1. The van der Waals surface area contributed by atoms with Crippen LogP contribution in [-0.2, 0) is 4.79 Å². The third kappa shape index (κ3) is 3.70. The first-order valence-corrected chi connectivity index (χ1v) is 9.23. The van der Waals surface area contributed by atoms with Crippen molar-refractivity contribution in [3.8, 4) is 5.69 Å². The summed E-state index contributed by atoms with van der Waals surface area (Å²) in [5.41, 5.74) is -0.578. The zero-order valence-corrected chi connectivity index (χ0v) is 16.1. The number of nitrogens with zero attached hydrogens (tertiary/aromatic N) is 6. The number of halogens is 2. The van der Waals surface area contributed by atoms with Crippen LogP contribution in [0.2, 0.25) is 10.0 Å². The monoisotopic (exact) mass is 412 g/mol.